The standard InChI is InChI=1S/C17H13NOS/c20-17-14(12-18-15-9-5-2-6-10-15)11-16(19-17)13-7-3-1-4-8-13/h1-12,20H. The Hall–Kier alpha value is -2.26. The molecule has 20 heavy (non-hydrogen) atoms. The highest BCUT2D eigenvalue weighted by Crippen LogP contribution is 2.27. The predicted octanol–water partition coefficient (Wildman–Crippen LogP) is 4.99. The zero-order valence-corrected chi connectivity index (χ0v) is 11.6. The van der Waals surface area contributed by atoms with Gasteiger partial charge in [-0.3, -0.25) is 4.99 Å². The number of rotatable bonds is 3. The van der Waals surface area contributed by atoms with Gasteiger partial charge in [0.2, 0.25) is 0 Å². The van der Waals surface area contributed by atoms with Gasteiger partial charge in [-0.25, -0.2) is 0 Å². The van der Waals surface area contributed by atoms with E-state index in [0.717, 1.165) is 22.6 Å². The normalized spacial score (nSPS) is 11.1. The fourth-order valence-electron chi connectivity index (χ4n) is 1.89. The minimum atomic E-state index is 0.573. The lowest BCUT2D eigenvalue weighted by atomic mass is 10.1. The van der Waals surface area contributed by atoms with Gasteiger partial charge in [0.25, 0.3) is 0 Å². The molecule has 0 radical (unpaired) electrons. The summed E-state index contributed by atoms with van der Waals surface area (Å²) in [6.45, 7) is 0. The van der Waals surface area contributed by atoms with Gasteiger partial charge in [-0.2, -0.15) is 0 Å². The SMILES string of the molecule is Sc1oc(-c2ccccc2)cc1C=Nc1ccccc1. The Morgan fingerprint density at radius 2 is 1.55 bits per heavy atom. The van der Waals surface area contributed by atoms with Gasteiger partial charge in [0, 0.05) is 17.3 Å². The fourth-order valence-corrected chi connectivity index (χ4v) is 2.11. The molecule has 3 aromatic rings. The van der Waals surface area contributed by atoms with E-state index in [-0.39, 0.29) is 0 Å². The van der Waals surface area contributed by atoms with Crippen LogP contribution >= 0.6 is 12.6 Å². The van der Waals surface area contributed by atoms with Crippen LogP contribution in [0.25, 0.3) is 11.3 Å². The molecule has 98 valence electrons. The van der Waals surface area contributed by atoms with Crippen LogP contribution < -0.4 is 0 Å². The van der Waals surface area contributed by atoms with Crippen molar-refractivity contribution in [2.24, 2.45) is 4.99 Å². The Bertz CT molecular complexity index is 717. The largest absolute Gasteiger partial charge is 0.449 e. The number of benzene rings is 2. The van der Waals surface area contributed by atoms with Gasteiger partial charge in [0.1, 0.15) is 5.76 Å². The summed E-state index contributed by atoms with van der Waals surface area (Å²) in [6.07, 6.45) is 1.77. The zero-order chi connectivity index (χ0) is 13.8. The highest BCUT2D eigenvalue weighted by atomic mass is 32.1. The van der Waals surface area contributed by atoms with Gasteiger partial charge in [-0.1, -0.05) is 48.5 Å². The molecule has 2 aromatic carbocycles. The molecule has 0 bridgehead atoms. The van der Waals surface area contributed by atoms with Crippen LogP contribution in [0.1, 0.15) is 5.56 Å². The van der Waals surface area contributed by atoms with Crippen LogP contribution in [0, 0.1) is 0 Å². The molecule has 0 amide bonds. The second-order valence-corrected chi connectivity index (χ2v) is 4.74. The van der Waals surface area contributed by atoms with Crippen LogP contribution in [0.4, 0.5) is 5.69 Å². The molecule has 0 atom stereocenters. The Kier molecular flexibility index (Phi) is 3.70. The topological polar surface area (TPSA) is 25.5 Å². The summed E-state index contributed by atoms with van der Waals surface area (Å²) in [5.41, 5.74) is 2.81. The van der Waals surface area contributed by atoms with Crippen molar-refractivity contribution >= 4 is 24.5 Å². The van der Waals surface area contributed by atoms with Gasteiger partial charge in [-0.15, -0.1) is 12.6 Å². The van der Waals surface area contributed by atoms with E-state index in [2.05, 4.69) is 17.6 Å². The molecule has 0 saturated carbocycles. The first-order valence-electron chi connectivity index (χ1n) is 6.30. The second kappa shape index (κ2) is 5.80. The summed E-state index contributed by atoms with van der Waals surface area (Å²) >= 11 is 4.36. The molecule has 1 heterocycles. The van der Waals surface area contributed by atoms with Gasteiger partial charge >= 0.3 is 0 Å². The molecule has 0 N–H and O–H groups in total. The van der Waals surface area contributed by atoms with Crippen molar-refractivity contribution in [2.75, 3.05) is 0 Å². The first-order chi connectivity index (χ1) is 9.83. The van der Waals surface area contributed by atoms with E-state index in [4.69, 9.17) is 4.42 Å². The Labute approximate surface area is 123 Å². The number of thiol groups is 1. The molecule has 0 saturated heterocycles. The first kappa shape index (κ1) is 12.8. The highest BCUT2D eigenvalue weighted by Gasteiger charge is 2.07. The van der Waals surface area contributed by atoms with Crippen molar-refractivity contribution in [1.29, 1.82) is 0 Å². The van der Waals surface area contributed by atoms with Crippen molar-refractivity contribution in [1.82, 2.24) is 0 Å². The average molecular weight is 279 g/mol. The number of aliphatic imine (C=N–C) groups is 1. The number of nitrogens with zero attached hydrogens (tertiary/aromatic N) is 1. The van der Waals surface area contributed by atoms with E-state index in [1.165, 1.54) is 0 Å². The zero-order valence-electron chi connectivity index (χ0n) is 10.7. The predicted molar refractivity (Wildman–Crippen MR) is 85.1 cm³/mol. The van der Waals surface area contributed by atoms with Crippen LogP contribution in [0.15, 0.2) is 81.2 Å². The molecular weight excluding hydrogens is 266 g/mol. The maximum atomic E-state index is 5.66. The summed E-state index contributed by atoms with van der Waals surface area (Å²) in [5.74, 6) is 0.796. The maximum absolute atomic E-state index is 5.66. The second-order valence-electron chi connectivity index (χ2n) is 4.33. The third-order valence-corrected chi connectivity index (χ3v) is 3.26. The summed E-state index contributed by atoms with van der Waals surface area (Å²) < 4.78 is 5.66. The van der Waals surface area contributed by atoms with Crippen molar-refractivity contribution in [3.63, 3.8) is 0 Å². The lowest BCUT2D eigenvalue weighted by molar-refractivity contribution is 0.489. The smallest absolute Gasteiger partial charge is 0.166 e. The van der Waals surface area contributed by atoms with Crippen molar-refractivity contribution in [3.05, 3.63) is 72.3 Å². The van der Waals surface area contributed by atoms with E-state index in [1.54, 1.807) is 6.21 Å². The lowest BCUT2D eigenvalue weighted by Gasteiger charge is -1.93. The van der Waals surface area contributed by atoms with Crippen LogP contribution in [-0.4, -0.2) is 6.21 Å². The Morgan fingerprint density at radius 1 is 0.900 bits per heavy atom. The van der Waals surface area contributed by atoms with Crippen molar-refractivity contribution in [3.8, 4) is 11.3 Å². The summed E-state index contributed by atoms with van der Waals surface area (Å²) in [4.78, 5) is 4.41. The summed E-state index contributed by atoms with van der Waals surface area (Å²) in [7, 11) is 0. The van der Waals surface area contributed by atoms with Gasteiger partial charge in [0.15, 0.2) is 5.09 Å². The molecule has 3 heteroatoms. The van der Waals surface area contributed by atoms with E-state index >= 15 is 0 Å². The van der Waals surface area contributed by atoms with Crippen molar-refractivity contribution < 1.29 is 4.42 Å². The van der Waals surface area contributed by atoms with Gasteiger partial charge in [0.05, 0.1) is 5.69 Å². The summed E-state index contributed by atoms with van der Waals surface area (Å²) in [6, 6.07) is 21.7. The lowest BCUT2D eigenvalue weighted by Crippen LogP contribution is -1.76. The Balaban J connectivity index is 1.89. The quantitative estimate of drug-likeness (QED) is 0.530. The van der Waals surface area contributed by atoms with Crippen molar-refractivity contribution in [2.45, 2.75) is 5.09 Å². The van der Waals surface area contributed by atoms with Gasteiger partial charge in [-0.05, 0) is 18.2 Å². The minimum absolute atomic E-state index is 0.573. The van der Waals surface area contributed by atoms with Gasteiger partial charge < -0.3 is 4.42 Å². The Morgan fingerprint density at radius 3 is 2.25 bits per heavy atom. The van der Waals surface area contributed by atoms with E-state index in [0.29, 0.717) is 5.09 Å². The number of hydrogen-bond donors (Lipinski definition) is 1. The molecule has 0 aliphatic rings. The molecule has 0 spiro atoms. The summed E-state index contributed by atoms with van der Waals surface area (Å²) in [5, 5.41) is 0.573. The maximum Gasteiger partial charge on any atom is 0.166 e. The van der Waals surface area contributed by atoms with Crippen LogP contribution in [-0.2, 0) is 0 Å². The molecular formula is C17H13NOS. The number of furan rings is 1. The van der Waals surface area contributed by atoms with Crippen LogP contribution in [0.2, 0.25) is 0 Å². The molecule has 2 nitrogen and oxygen atoms in total. The third kappa shape index (κ3) is 2.83. The molecule has 0 fully saturated rings. The van der Waals surface area contributed by atoms with E-state index in [9.17, 15) is 0 Å². The molecule has 0 aliphatic carbocycles. The number of para-hydroxylation sites is 1. The number of hydrogen-bond acceptors (Lipinski definition) is 3. The average Bonchev–Trinajstić information content (AvgIpc) is 2.88. The highest BCUT2D eigenvalue weighted by molar-refractivity contribution is 7.80. The molecule has 1 aromatic heterocycles. The third-order valence-electron chi connectivity index (χ3n) is 2.91. The molecule has 0 aliphatic heterocycles. The molecule has 3 rings (SSSR count). The minimum Gasteiger partial charge on any atom is -0.449 e. The van der Waals surface area contributed by atoms with E-state index < -0.39 is 0 Å². The molecule has 0 unspecified atom stereocenters. The van der Waals surface area contributed by atoms with E-state index in [1.807, 2.05) is 66.7 Å². The first-order valence-corrected chi connectivity index (χ1v) is 6.75. The van der Waals surface area contributed by atoms with Crippen LogP contribution in [0.3, 0.4) is 0 Å². The van der Waals surface area contributed by atoms with Crippen LogP contribution in [0.5, 0.6) is 0 Å². The monoisotopic (exact) mass is 279 g/mol. The fraction of sp³-hybridized carbons (Fsp3) is 0.